The van der Waals surface area contributed by atoms with Gasteiger partial charge in [0.2, 0.25) is 0 Å². The van der Waals surface area contributed by atoms with Crippen LogP contribution in [0.3, 0.4) is 0 Å². The predicted octanol–water partition coefficient (Wildman–Crippen LogP) is 7.76. The molecule has 0 heteroatoms. The van der Waals surface area contributed by atoms with E-state index in [2.05, 4.69) is 20.8 Å². The second-order valence-electron chi connectivity index (χ2n) is 8.23. The van der Waals surface area contributed by atoms with E-state index in [1.54, 1.807) is 0 Å². The molecule has 0 unspecified atom stereocenters. The lowest BCUT2D eigenvalue weighted by Crippen LogP contribution is -1.99. The average molecular weight is 295 g/mol. The molecule has 0 N–H and O–H groups in total. The molecule has 0 amide bonds. The first kappa shape index (κ1) is 19.0. The van der Waals surface area contributed by atoms with Crippen LogP contribution in [-0.2, 0) is 0 Å². The monoisotopic (exact) mass is 294 g/mol. The number of hydrogen-bond donors (Lipinski definition) is 0. The van der Waals surface area contributed by atoms with Crippen molar-refractivity contribution in [2.45, 2.75) is 117 Å². The third-order valence-corrected chi connectivity index (χ3v) is 5.68. The Bertz CT molecular complexity index is 164. The minimum absolute atomic E-state index is 1.04. The van der Waals surface area contributed by atoms with Gasteiger partial charge in [-0.05, 0) is 17.8 Å². The Morgan fingerprint density at radius 2 is 0.524 bits per heavy atom. The summed E-state index contributed by atoms with van der Waals surface area (Å²) < 4.78 is 0. The molecular weight excluding hydrogens is 252 g/mol. The number of rotatable bonds is 0. The standard InChI is InChI=1S/3C7H14/c3*1-7-5-3-2-4-6-7/h3*7H,2-6H2,1H3. The summed E-state index contributed by atoms with van der Waals surface area (Å²) in [5.74, 6) is 3.11. The van der Waals surface area contributed by atoms with Gasteiger partial charge in [0, 0.05) is 0 Å². The van der Waals surface area contributed by atoms with Crippen molar-refractivity contribution in [2.75, 3.05) is 0 Å². The van der Waals surface area contributed by atoms with E-state index in [0.29, 0.717) is 0 Å². The van der Waals surface area contributed by atoms with Crippen LogP contribution in [0.15, 0.2) is 0 Å². The summed E-state index contributed by atoms with van der Waals surface area (Å²) in [7, 11) is 0. The zero-order valence-corrected chi connectivity index (χ0v) is 15.3. The van der Waals surface area contributed by atoms with Crippen molar-refractivity contribution < 1.29 is 0 Å². The molecule has 0 radical (unpaired) electrons. The Hall–Kier alpha value is 0. The average Bonchev–Trinajstić information content (AvgIpc) is 2.51. The first-order valence-corrected chi connectivity index (χ1v) is 10.2. The van der Waals surface area contributed by atoms with Crippen LogP contribution in [0.2, 0.25) is 0 Å². The molecule has 0 aromatic rings. The first-order valence-electron chi connectivity index (χ1n) is 10.2. The Morgan fingerprint density at radius 1 is 0.333 bits per heavy atom. The van der Waals surface area contributed by atoms with Crippen molar-refractivity contribution in [3.8, 4) is 0 Å². The molecule has 3 fully saturated rings. The van der Waals surface area contributed by atoms with Gasteiger partial charge < -0.3 is 0 Å². The van der Waals surface area contributed by atoms with Crippen molar-refractivity contribution in [1.29, 1.82) is 0 Å². The zero-order chi connectivity index (χ0) is 15.3. The summed E-state index contributed by atoms with van der Waals surface area (Å²) in [6.45, 7) is 7.08. The van der Waals surface area contributed by atoms with Crippen LogP contribution >= 0.6 is 0 Å². The fourth-order valence-electron chi connectivity index (χ4n) is 3.92. The first-order chi connectivity index (χ1) is 10.2. The summed E-state index contributed by atoms with van der Waals surface area (Å²) >= 11 is 0. The normalized spacial score (nSPS) is 25.3. The molecule has 3 aliphatic rings. The lowest BCUT2D eigenvalue weighted by Gasteiger charge is -2.15. The van der Waals surface area contributed by atoms with Gasteiger partial charge in [0.25, 0.3) is 0 Å². The molecule has 0 heterocycles. The van der Waals surface area contributed by atoms with Crippen LogP contribution < -0.4 is 0 Å². The van der Waals surface area contributed by atoms with Crippen LogP contribution in [0, 0.1) is 17.8 Å². The summed E-state index contributed by atoms with van der Waals surface area (Å²) in [5.41, 5.74) is 0. The topological polar surface area (TPSA) is 0 Å². The summed E-state index contributed by atoms with van der Waals surface area (Å²) in [6.07, 6.45) is 22.3. The van der Waals surface area contributed by atoms with Crippen molar-refractivity contribution >= 4 is 0 Å². The van der Waals surface area contributed by atoms with Gasteiger partial charge in [-0.2, -0.15) is 0 Å². The quantitative estimate of drug-likeness (QED) is 0.428. The molecule has 21 heavy (non-hydrogen) atoms. The molecule has 0 aliphatic heterocycles. The van der Waals surface area contributed by atoms with Crippen LogP contribution in [0.4, 0.5) is 0 Å². The molecule has 0 nitrogen and oxygen atoms in total. The van der Waals surface area contributed by atoms with E-state index < -0.39 is 0 Å². The Kier molecular flexibility index (Phi) is 11.4. The Morgan fingerprint density at radius 3 is 0.619 bits per heavy atom. The van der Waals surface area contributed by atoms with Gasteiger partial charge in [0.1, 0.15) is 0 Å². The van der Waals surface area contributed by atoms with Gasteiger partial charge in [0.15, 0.2) is 0 Å². The molecule has 0 aromatic heterocycles. The van der Waals surface area contributed by atoms with E-state index in [9.17, 15) is 0 Å². The van der Waals surface area contributed by atoms with Crippen LogP contribution in [0.1, 0.15) is 117 Å². The highest BCUT2D eigenvalue weighted by atomic mass is 14.1. The van der Waals surface area contributed by atoms with E-state index in [4.69, 9.17) is 0 Å². The molecule has 3 aliphatic carbocycles. The maximum absolute atomic E-state index is 2.36. The molecule has 0 bridgehead atoms. The highest BCUT2D eigenvalue weighted by molar-refractivity contribution is 4.60. The number of hydrogen-bond acceptors (Lipinski definition) is 0. The molecule has 0 atom stereocenters. The SMILES string of the molecule is CC1CCCCC1.CC1CCCCC1.CC1CCCCC1. The van der Waals surface area contributed by atoms with Crippen molar-refractivity contribution in [3.05, 3.63) is 0 Å². The molecule has 0 saturated heterocycles. The Balaban J connectivity index is 0.000000157. The maximum atomic E-state index is 2.36. The van der Waals surface area contributed by atoms with Crippen molar-refractivity contribution in [3.63, 3.8) is 0 Å². The highest BCUT2D eigenvalue weighted by Gasteiger charge is 2.07. The van der Waals surface area contributed by atoms with Crippen LogP contribution in [-0.4, -0.2) is 0 Å². The highest BCUT2D eigenvalue weighted by Crippen LogP contribution is 2.23. The van der Waals surface area contributed by atoms with Gasteiger partial charge in [-0.15, -0.1) is 0 Å². The molecule has 126 valence electrons. The Labute approximate surface area is 135 Å². The lowest BCUT2D eigenvalue weighted by atomic mass is 9.91. The summed E-state index contributed by atoms with van der Waals surface area (Å²) in [4.78, 5) is 0. The lowest BCUT2D eigenvalue weighted by molar-refractivity contribution is 0.385. The third-order valence-electron chi connectivity index (χ3n) is 5.68. The van der Waals surface area contributed by atoms with E-state index in [-0.39, 0.29) is 0 Å². The van der Waals surface area contributed by atoms with Gasteiger partial charge in [-0.25, -0.2) is 0 Å². The van der Waals surface area contributed by atoms with Crippen LogP contribution in [0.25, 0.3) is 0 Å². The van der Waals surface area contributed by atoms with Gasteiger partial charge in [0.05, 0.1) is 0 Å². The van der Waals surface area contributed by atoms with E-state index >= 15 is 0 Å². The second-order valence-corrected chi connectivity index (χ2v) is 8.23. The van der Waals surface area contributed by atoms with Crippen molar-refractivity contribution in [2.24, 2.45) is 17.8 Å². The molecule has 0 aromatic carbocycles. The third kappa shape index (κ3) is 11.2. The second kappa shape index (κ2) is 12.5. The van der Waals surface area contributed by atoms with Gasteiger partial charge >= 0.3 is 0 Å². The van der Waals surface area contributed by atoms with Gasteiger partial charge in [-0.3, -0.25) is 0 Å². The fraction of sp³-hybridized carbons (Fsp3) is 1.00. The smallest absolute Gasteiger partial charge is 0.0443 e. The van der Waals surface area contributed by atoms with Crippen molar-refractivity contribution in [1.82, 2.24) is 0 Å². The summed E-state index contributed by atoms with van der Waals surface area (Å²) in [5, 5.41) is 0. The minimum atomic E-state index is 1.04. The van der Waals surface area contributed by atoms with E-state index in [1.807, 2.05) is 0 Å². The predicted molar refractivity (Wildman–Crippen MR) is 96.7 cm³/mol. The van der Waals surface area contributed by atoms with E-state index in [0.717, 1.165) is 17.8 Å². The minimum Gasteiger partial charge on any atom is -0.0625 e. The van der Waals surface area contributed by atoms with E-state index in [1.165, 1.54) is 96.3 Å². The fourth-order valence-corrected chi connectivity index (χ4v) is 3.92. The molecular formula is C21H42. The maximum Gasteiger partial charge on any atom is -0.0443 e. The molecule has 0 spiro atoms. The zero-order valence-electron chi connectivity index (χ0n) is 15.3. The van der Waals surface area contributed by atoms with Crippen LogP contribution in [0.5, 0.6) is 0 Å². The van der Waals surface area contributed by atoms with Gasteiger partial charge in [-0.1, -0.05) is 117 Å². The molecule has 3 rings (SSSR count). The summed E-state index contributed by atoms with van der Waals surface area (Å²) in [6, 6.07) is 0. The molecule has 3 saturated carbocycles. The largest absolute Gasteiger partial charge is 0.0625 e.